The van der Waals surface area contributed by atoms with Crippen LogP contribution < -0.4 is 20.1 Å². The first-order valence-corrected chi connectivity index (χ1v) is 11.3. The van der Waals surface area contributed by atoms with Gasteiger partial charge in [-0.2, -0.15) is 0 Å². The van der Waals surface area contributed by atoms with Crippen LogP contribution in [0, 0.1) is 5.92 Å². The van der Waals surface area contributed by atoms with Crippen molar-refractivity contribution >= 4 is 40.9 Å². The first-order chi connectivity index (χ1) is 15.5. The highest BCUT2D eigenvalue weighted by atomic mass is 32.2. The lowest BCUT2D eigenvalue weighted by Crippen LogP contribution is -2.48. The van der Waals surface area contributed by atoms with Gasteiger partial charge in [-0.15, -0.1) is 11.8 Å². The number of hydrogen-bond donors (Lipinski definition) is 2. The molecule has 2 aromatic carbocycles. The van der Waals surface area contributed by atoms with Crippen molar-refractivity contribution in [2.75, 3.05) is 37.9 Å². The van der Waals surface area contributed by atoms with E-state index in [4.69, 9.17) is 9.47 Å². The molecule has 1 unspecified atom stereocenters. The van der Waals surface area contributed by atoms with E-state index in [1.165, 1.54) is 11.8 Å². The fraction of sp³-hybridized carbons (Fsp3) is 0.348. The first-order valence-electron chi connectivity index (χ1n) is 10.4. The molecule has 2 heterocycles. The van der Waals surface area contributed by atoms with Crippen molar-refractivity contribution in [2.45, 2.75) is 23.0 Å². The minimum atomic E-state index is -0.806. The maximum Gasteiger partial charge on any atom is 0.247 e. The number of anilines is 2. The molecule has 0 radical (unpaired) electrons. The number of nitrogens with one attached hydrogen (secondary N) is 2. The van der Waals surface area contributed by atoms with E-state index in [9.17, 15) is 14.4 Å². The Morgan fingerprint density at radius 2 is 1.72 bits per heavy atom. The van der Waals surface area contributed by atoms with Gasteiger partial charge in [-0.25, -0.2) is 0 Å². The van der Waals surface area contributed by atoms with Crippen LogP contribution in [0.5, 0.6) is 11.5 Å². The molecule has 3 amide bonds. The Labute approximate surface area is 190 Å². The molecule has 1 fully saturated rings. The van der Waals surface area contributed by atoms with E-state index in [-0.39, 0.29) is 23.6 Å². The Bertz CT molecular complexity index is 1010. The summed E-state index contributed by atoms with van der Waals surface area (Å²) >= 11 is 1.28. The van der Waals surface area contributed by atoms with Gasteiger partial charge in [-0.3, -0.25) is 14.4 Å². The number of thioether (sulfide) groups is 1. The SMILES string of the molecule is COc1cc(NC(=O)C2CCN(C(=O)C3Sc4ccccc4NC3=O)CC2)cc(OC)c1. The molecule has 1 saturated heterocycles. The minimum Gasteiger partial charge on any atom is -0.497 e. The molecule has 1 atom stereocenters. The highest BCUT2D eigenvalue weighted by molar-refractivity contribution is 8.01. The number of benzene rings is 2. The fourth-order valence-corrected chi connectivity index (χ4v) is 4.94. The summed E-state index contributed by atoms with van der Waals surface area (Å²) in [5.41, 5.74) is 1.33. The van der Waals surface area contributed by atoms with Crippen LogP contribution in [0.2, 0.25) is 0 Å². The number of carbonyl (C=O) groups excluding carboxylic acids is 3. The predicted molar refractivity (Wildman–Crippen MR) is 122 cm³/mol. The number of para-hydroxylation sites is 1. The quantitative estimate of drug-likeness (QED) is 0.673. The van der Waals surface area contributed by atoms with Crippen molar-refractivity contribution < 1.29 is 23.9 Å². The average Bonchev–Trinajstić information content (AvgIpc) is 2.82. The molecule has 0 aromatic heterocycles. The van der Waals surface area contributed by atoms with Crippen LogP contribution in [0.15, 0.2) is 47.4 Å². The molecule has 32 heavy (non-hydrogen) atoms. The summed E-state index contributed by atoms with van der Waals surface area (Å²) in [7, 11) is 3.10. The predicted octanol–water partition coefficient (Wildman–Crippen LogP) is 2.99. The normalized spacial score (nSPS) is 18.4. The summed E-state index contributed by atoms with van der Waals surface area (Å²) in [4.78, 5) is 40.8. The molecule has 9 heteroatoms. The highest BCUT2D eigenvalue weighted by Crippen LogP contribution is 2.36. The third-order valence-electron chi connectivity index (χ3n) is 5.65. The van der Waals surface area contributed by atoms with Gasteiger partial charge in [0.25, 0.3) is 0 Å². The van der Waals surface area contributed by atoms with Crippen molar-refractivity contribution in [3.8, 4) is 11.5 Å². The van der Waals surface area contributed by atoms with Gasteiger partial charge in [-0.05, 0) is 25.0 Å². The van der Waals surface area contributed by atoms with Crippen LogP contribution in [-0.2, 0) is 14.4 Å². The molecule has 0 spiro atoms. The molecule has 2 aliphatic rings. The third-order valence-corrected chi connectivity index (χ3v) is 6.91. The maximum atomic E-state index is 13.0. The minimum absolute atomic E-state index is 0.105. The van der Waals surface area contributed by atoms with Gasteiger partial charge < -0.3 is 25.0 Å². The molecule has 0 aliphatic carbocycles. The van der Waals surface area contributed by atoms with E-state index in [0.29, 0.717) is 43.1 Å². The number of carbonyl (C=O) groups is 3. The number of fused-ring (bicyclic) bond motifs is 1. The monoisotopic (exact) mass is 455 g/mol. The van der Waals surface area contributed by atoms with Crippen LogP contribution in [0.1, 0.15) is 12.8 Å². The summed E-state index contributed by atoms with van der Waals surface area (Å²) in [5.74, 6) is 0.342. The Morgan fingerprint density at radius 3 is 2.38 bits per heavy atom. The van der Waals surface area contributed by atoms with Crippen molar-refractivity contribution in [2.24, 2.45) is 5.92 Å². The van der Waals surface area contributed by atoms with E-state index in [2.05, 4.69) is 10.6 Å². The summed E-state index contributed by atoms with van der Waals surface area (Å²) in [6, 6.07) is 12.6. The van der Waals surface area contributed by atoms with Crippen molar-refractivity contribution in [1.29, 1.82) is 0 Å². The third kappa shape index (κ3) is 4.67. The highest BCUT2D eigenvalue weighted by Gasteiger charge is 2.37. The van der Waals surface area contributed by atoms with E-state index in [1.54, 1.807) is 37.3 Å². The first kappa shape index (κ1) is 22.0. The van der Waals surface area contributed by atoms with Crippen molar-refractivity contribution in [3.63, 3.8) is 0 Å². The average molecular weight is 456 g/mol. The Hall–Kier alpha value is -3.20. The summed E-state index contributed by atoms with van der Waals surface area (Å²) in [5, 5.41) is 4.92. The second-order valence-electron chi connectivity index (χ2n) is 7.67. The Morgan fingerprint density at radius 1 is 1.06 bits per heavy atom. The lowest BCUT2D eigenvalue weighted by Gasteiger charge is -2.34. The molecule has 2 aromatic rings. The lowest BCUT2D eigenvalue weighted by atomic mass is 9.95. The Balaban J connectivity index is 1.34. The largest absolute Gasteiger partial charge is 0.497 e. The Kier molecular flexibility index (Phi) is 6.55. The molecular weight excluding hydrogens is 430 g/mol. The number of piperidine rings is 1. The van der Waals surface area contributed by atoms with Crippen LogP contribution in [-0.4, -0.2) is 55.2 Å². The van der Waals surface area contributed by atoms with Gasteiger partial charge in [0.05, 0.1) is 19.9 Å². The van der Waals surface area contributed by atoms with Crippen LogP contribution >= 0.6 is 11.8 Å². The molecular formula is C23H25N3O5S. The van der Waals surface area contributed by atoms with E-state index < -0.39 is 5.25 Å². The van der Waals surface area contributed by atoms with Crippen molar-refractivity contribution in [1.82, 2.24) is 4.90 Å². The van der Waals surface area contributed by atoms with Crippen molar-refractivity contribution in [3.05, 3.63) is 42.5 Å². The number of amides is 3. The molecule has 8 nitrogen and oxygen atoms in total. The lowest BCUT2D eigenvalue weighted by molar-refractivity contribution is -0.136. The van der Waals surface area contributed by atoms with Gasteiger partial charge in [0, 0.05) is 47.8 Å². The molecule has 0 saturated carbocycles. The molecule has 168 valence electrons. The number of rotatable bonds is 5. The fourth-order valence-electron chi connectivity index (χ4n) is 3.87. The number of nitrogens with zero attached hydrogens (tertiary/aromatic N) is 1. The summed E-state index contributed by atoms with van der Waals surface area (Å²) < 4.78 is 10.5. The molecule has 2 aliphatic heterocycles. The maximum absolute atomic E-state index is 13.0. The topological polar surface area (TPSA) is 97.0 Å². The zero-order chi connectivity index (χ0) is 22.7. The summed E-state index contributed by atoms with van der Waals surface area (Å²) in [6.45, 7) is 0.870. The second-order valence-corrected chi connectivity index (χ2v) is 8.82. The van der Waals surface area contributed by atoms with Gasteiger partial charge >= 0.3 is 0 Å². The zero-order valence-corrected chi connectivity index (χ0v) is 18.7. The zero-order valence-electron chi connectivity index (χ0n) is 17.9. The van der Waals surface area contributed by atoms with E-state index >= 15 is 0 Å². The van der Waals surface area contributed by atoms with E-state index in [1.807, 2.05) is 24.3 Å². The molecule has 2 N–H and O–H groups in total. The standard InChI is InChI=1S/C23H25N3O5S/c1-30-16-11-15(12-17(13-16)31-2)24-21(27)14-7-9-26(10-8-14)23(29)20-22(28)25-18-5-3-4-6-19(18)32-20/h3-6,11-14,20H,7-10H2,1-2H3,(H,24,27)(H,25,28). The van der Waals surface area contributed by atoms with Crippen LogP contribution in [0.25, 0.3) is 0 Å². The van der Waals surface area contributed by atoms with Gasteiger partial charge in [0.2, 0.25) is 17.7 Å². The number of methoxy groups -OCH3 is 2. The number of hydrogen-bond acceptors (Lipinski definition) is 6. The van der Waals surface area contributed by atoms with Crippen LogP contribution in [0.4, 0.5) is 11.4 Å². The number of ether oxygens (including phenoxy) is 2. The van der Waals surface area contributed by atoms with Gasteiger partial charge in [0.15, 0.2) is 5.25 Å². The van der Waals surface area contributed by atoms with E-state index in [0.717, 1.165) is 10.6 Å². The smallest absolute Gasteiger partial charge is 0.247 e. The van der Waals surface area contributed by atoms with Gasteiger partial charge in [0.1, 0.15) is 11.5 Å². The molecule has 4 rings (SSSR count). The molecule has 0 bridgehead atoms. The second kappa shape index (κ2) is 9.52. The summed E-state index contributed by atoms with van der Waals surface area (Å²) in [6.07, 6.45) is 1.07. The number of likely N-dealkylation sites (tertiary alicyclic amines) is 1. The van der Waals surface area contributed by atoms with Crippen LogP contribution in [0.3, 0.4) is 0 Å². The van der Waals surface area contributed by atoms with Gasteiger partial charge in [-0.1, -0.05) is 12.1 Å².